The van der Waals surface area contributed by atoms with E-state index in [0.29, 0.717) is 28.6 Å². The molecule has 0 unspecified atom stereocenters. The van der Waals surface area contributed by atoms with Crippen LogP contribution in [0.3, 0.4) is 0 Å². The highest BCUT2D eigenvalue weighted by Gasteiger charge is 2.29. The summed E-state index contributed by atoms with van der Waals surface area (Å²) in [6.07, 6.45) is 1.56. The molecule has 0 aliphatic heterocycles. The van der Waals surface area contributed by atoms with Gasteiger partial charge in [-0.05, 0) is 19.9 Å². The lowest BCUT2D eigenvalue weighted by Crippen LogP contribution is -2.38. The second kappa shape index (κ2) is 5.58. The highest BCUT2D eigenvalue weighted by atomic mass is 35.5. The van der Waals surface area contributed by atoms with Crippen molar-refractivity contribution in [3.05, 3.63) is 23.1 Å². The summed E-state index contributed by atoms with van der Waals surface area (Å²) < 4.78 is 1.87. The molecule has 7 heteroatoms. The number of carbonyl (C=O) groups excluding carboxylic acids is 1. The fourth-order valence-corrected chi connectivity index (χ4v) is 2.46. The number of fused-ring (bicyclic) bond motifs is 1. The van der Waals surface area contributed by atoms with Crippen molar-refractivity contribution in [1.82, 2.24) is 19.9 Å². The van der Waals surface area contributed by atoms with Crippen molar-refractivity contribution in [2.24, 2.45) is 5.41 Å². The van der Waals surface area contributed by atoms with E-state index >= 15 is 0 Å². The lowest BCUT2D eigenvalue weighted by atomic mass is 9.92. The van der Waals surface area contributed by atoms with Gasteiger partial charge in [-0.2, -0.15) is 0 Å². The number of amides is 1. The lowest BCUT2D eigenvalue weighted by Gasteiger charge is -2.24. The Hall–Kier alpha value is -1.33. The molecular formula is C13H16Cl2N4O. The van der Waals surface area contributed by atoms with Crippen LogP contribution in [0, 0.1) is 5.41 Å². The molecule has 108 valence electrons. The number of nitrogens with one attached hydrogen (secondary N) is 1. The maximum absolute atomic E-state index is 11.9. The fraction of sp³-hybridized carbons (Fsp3) is 0.462. The largest absolute Gasteiger partial charge is 0.359 e. The topological polar surface area (TPSA) is 59.8 Å². The Balaban J connectivity index is 2.50. The molecule has 2 aromatic heterocycles. The molecule has 0 bridgehead atoms. The number of halogens is 2. The average molecular weight is 315 g/mol. The third-order valence-corrected chi connectivity index (χ3v) is 3.59. The number of pyridine rings is 1. The van der Waals surface area contributed by atoms with E-state index < -0.39 is 5.41 Å². The molecule has 1 N–H and O–H groups in total. The molecule has 0 fully saturated rings. The number of imidazole rings is 1. The molecule has 20 heavy (non-hydrogen) atoms. The van der Waals surface area contributed by atoms with E-state index in [1.54, 1.807) is 19.3 Å². The second-order valence-electron chi connectivity index (χ2n) is 5.21. The summed E-state index contributed by atoms with van der Waals surface area (Å²) in [5.74, 6) is 0.875. The van der Waals surface area contributed by atoms with Gasteiger partial charge in [0.25, 0.3) is 0 Å². The predicted octanol–water partition coefficient (Wildman–Crippen LogP) is 2.60. The molecule has 0 aliphatic carbocycles. The quantitative estimate of drug-likeness (QED) is 0.882. The molecule has 0 saturated heterocycles. The first kappa shape index (κ1) is 15.1. The first-order chi connectivity index (χ1) is 9.39. The van der Waals surface area contributed by atoms with E-state index in [-0.39, 0.29) is 11.8 Å². The molecule has 0 aliphatic rings. The van der Waals surface area contributed by atoms with Gasteiger partial charge in [0.2, 0.25) is 5.91 Å². The minimum Gasteiger partial charge on any atom is -0.359 e. The molecule has 0 saturated carbocycles. The number of aromatic nitrogens is 3. The van der Waals surface area contributed by atoms with Crippen molar-refractivity contribution in [3.8, 4) is 0 Å². The normalized spacial score (nSPS) is 11.8. The third-order valence-electron chi connectivity index (χ3n) is 3.15. The van der Waals surface area contributed by atoms with Gasteiger partial charge in [-0.25, -0.2) is 9.97 Å². The Bertz CT molecular complexity index is 651. The summed E-state index contributed by atoms with van der Waals surface area (Å²) in [6.45, 7) is 4.18. The molecule has 2 rings (SSSR count). The number of alkyl halides is 1. The van der Waals surface area contributed by atoms with E-state index in [4.69, 9.17) is 23.2 Å². The van der Waals surface area contributed by atoms with E-state index in [1.165, 1.54) is 0 Å². The zero-order valence-corrected chi connectivity index (χ0v) is 13.1. The molecular weight excluding hydrogens is 299 g/mol. The van der Waals surface area contributed by atoms with E-state index in [9.17, 15) is 4.79 Å². The van der Waals surface area contributed by atoms with E-state index in [2.05, 4.69) is 15.3 Å². The first-order valence-electron chi connectivity index (χ1n) is 6.18. The van der Waals surface area contributed by atoms with Gasteiger partial charge in [0.05, 0.1) is 16.3 Å². The minimum atomic E-state index is -0.593. The van der Waals surface area contributed by atoms with Crippen molar-refractivity contribution >= 4 is 40.3 Å². The monoisotopic (exact) mass is 314 g/mol. The highest BCUT2D eigenvalue weighted by Crippen LogP contribution is 2.25. The second-order valence-corrected chi connectivity index (χ2v) is 5.91. The van der Waals surface area contributed by atoms with Crippen LogP contribution in [0.15, 0.2) is 12.3 Å². The molecule has 0 atom stereocenters. The molecule has 2 heterocycles. The van der Waals surface area contributed by atoms with Gasteiger partial charge in [-0.15, -0.1) is 11.6 Å². The number of rotatable bonds is 4. The predicted molar refractivity (Wildman–Crippen MR) is 79.9 cm³/mol. The summed E-state index contributed by atoms with van der Waals surface area (Å²) in [6, 6.07) is 1.74. The van der Waals surface area contributed by atoms with Gasteiger partial charge in [0.1, 0.15) is 11.3 Å². The standard InChI is InChI=1S/C13H16Cl2N4O/c1-13(2,12(20)16-3)7-19-10(5-14)18-9-4-8(15)6-17-11(9)19/h4,6H,5,7H2,1-3H3,(H,16,20). The summed E-state index contributed by atoms with van der Waals surface area (Å²) >= 11 is 11.9. The Morgan fingerprint density at radius 3 is 2.80 bits per heavy atom. The van der Waals surface area contributed by atoms with Crippen LogP contribution in [0.5, 0.6) is 0 Å². The van der Waals surface area contributed by atoms with Crippen molar-refractivity contribution in [2.75, 3.05) is 7.05 Å². The third kappa shape index (κ3) is 2.74. The van der Waals surface area contributed by atoms with E-state index in [0.717, 1.165) is 0 Å². The Morgan fingerprint density at radius 2 is 2.20 bits per heavy atom. The van der Waals surface area contributed by atoms with Gasteiger partial charge in [-0.1, -0.05) is 11.6 Å². The zero-order chi connectivity index (χ0) is 14.9. The van der Waals surface area contributed by atoms with Crippen LogP contribution >= 0.6 is 23.2 Å². The maximum Gasteiger partial charge on any atom is 0.227 e. The molecule has 2 aromatic rings. The Labute approximate surface area is 127 Å². The molecule has 0 aromatic carbocycles. The highest BCUT2D eigenvalue weighted by molar-refractivity contribution is 6.31. The van der Waals surface area contributed by atoms with Crippen molar-refractivity contribution in [2.45, 2.75) is 26.3 Å². The van der Waals surface area contributed by atoms with Gasteiger partial charge < -0.3 is 9.88 Å². The van der Waals surface area contributed by atoms with Gasteiger partial charge in [0.15, 0.2) is 5.65 Å². The number of nitrogens with zero attached hydrogens (tertiary/aromatic N) is 3. The van der Waals surface area contributed by atoms with Gasteiger partial charge in [-0.3, -0.25) is 4.79 Å². The lowest BCUT2D eigenvalue weighted by molar-refractivity contribution is -0.129. The Kier molecular flexibility index (Phi) is 4.20. The van der Waals surface area contributed by atoms with Crippen LogP contribution < -0.4 is 5.32 Å². The zero-order valence-electron chi connectivity index (χ0n) is 11.6. The Morgan fingerprint density at radius 1 is 1.50 bits per heavy atom. The molecule has 0 radical (unpaired) electrons. The number of carbonyl (C=O) groups is 1. The summed E-state index contributed by atoms with van der Waals surface area (Å²) in [5, 5.41) is 3.19. The summed E-state index contributed by atoms with van der Waals surface area (Å²) in [5.41, 5.74) is 0.771. The van der Waals surface area contributed by atoms with E-state index in [1.807, 2.05) is 18.4 Å². The van der Waals surface area contributed by atoms with Crippen LogP contribution in [0.1, 0.15) is 19.7 Å². The van der Waals surface area contributed by atoms with Crippen LogP contribution in [-0.4, -0.2) is 27.5 Å². The van der Waals surface area contributed by atoms with Crippen molar-refractivity contribution < 1.29 is 4.79 Å². The summed E-state index contributed by atoms with van der Waals surface area (Å²) in [7, 11) is 1.62. The molecule has 5 nitrogen and oxygen atoms in total. The van der Waals surface area contributed by atoms with Gasteiger partial charge >= 0.3 is 0 Å². The van der Waals surface area contributed by atoms with Crippen LogP contribution in [0.2, 0.25) is 5.02 Å². The van der Waals surface area contributed by atoms with Crippen LogP contribution in [0.25, 0.3) is 11.2 Å². The van der Waals surface area contributed by atoms with Gasteiger partial charge in [0, 0.05) is 19.8 Å². The van der Waals surface area contributed by atoms with Crippen LogP contribution in [-0.2, 0) is 17.2 Å². The maximum atomic E-state index is 11.9. The average Bonchev–Trinajstić information content (AvgIpc) is 2.74. The van der Waals surface area contributed by atoms with Crippen molar-refractivity contribution in [1.29, 1.82) is 0 Å². The smallest absolute Gasteiger partial charge is 0.227 e. The SMILES string of the molecule is CNC(=O)C(C)(C)Cn1c(CCl)nc2cc(Cl)cnc21. The minimum absolute atomic E-state index is 0.0474. The number of hydrogen-bond donors (Lipinski definition) is 1. The van der Waals surface area contributed by atoms with Crippen molar-refractivity contribution in [3.63, 3.8) is 0 Å². The number of hydrogen-bond acceptors (Lipinski definition) is 3. The van der Waals surface area contributed by atoms with Crippen LogP contribution in [0.4, 0.5) is 0 Å². The molecule has 0 spiro atoms. The summed E-state index contributed by atoms with van der Waals surface area (Å²) in [4.78, 5) is 20.6. The first-order valence-corrected chi connectivity index (χ1v) is 7.09. The fourth-order valence-electron chi connectivity index (χ4n) is 2.11. The molecule has 1 amide bonds.